The van der Waals surface area contributed by atoms with E-state index in [1.807, 2.05) is 13.1 Å². The lowest BCUT2D eigenvalue weighted by Crippen LogP contribution is -2.51. The number of nitrogens with zero attached hydrogens (tertiary/aromatic N) is 2. The highest BCUT2D eigenvalue weighted by molar-refractivity contribution is 5.23. The van der Waals surface area contributed by atoms with E-state index in [2.05, 4.69) is 48.5 Å². The molecule has 1 heterocycles. The summed E-state index contributed by atoms with van der Waals surface area (Å²) in [5.74, 6) is 0. The molecule has 18 heavy (non-hydrogen) atoms. The van der Waals surface area contributed by atoms with E-state index in [9.17, 15) is 0 Å². The molecule has 0 aromatic carbocycles. The van der Waals surface area contributed by atoms with Gasteiger partial charge in [0.1, 0.15) is 0 Å². The number of likely N-dealkylation sites (N-methyl/N-ethyl adjacent to an activating group) is 2. The Labute approximate surface area is 111 Å². The van der Waals surface area contributed by atoms with E-state index < -0.39 is 0 Å². The molecule has 1 aliphatic rings. The molecule has 1 atom stereocenters. The van der Waals surface area contributed by atoms with E-state index in [-0.39, 0.29) is 5.54 Å². The molecule has 0 saturated heterocycles. The summed E-state index contributed by atoms with van der Waals surface area (Å²) in [5, 5.41) is 3.52. The lowest BCUT2D eigenvalue weighted by Gasteiger charge is -2.43. The molecule has 0 spiro atoms. The second kappa shape index (κ2) is 5.37. The van der Waals surface area contributed by atoms with Gasteiger partial charge in [0.2, 0.25) is 0 Å². The Morgan fingerprint density at radius 3 is 2.39 bits per heavy atom. The molecule has 3 heteroatoms. The number of hydrogen-bond donors (Lipinski definition) is 1. The minimum absolute atomic E-state index is 0.242. The van der Waals surface area contributed by atoms with Gasteiger partial charge in [-0.1, -0.05) is 18.9 Å². The predicted octanol–water partition coefficient (Wildman–Crippen LogP) is 2.52. The SMILES string of the molecule is CNC(c1ccc(C)nc1)C1(N(C)C)CCCC1. The van der Waals surface area contributed by atoms with Crippen LogP contribution in [0.5, 0.6) is 0 Å². The first kappa shape index (κ1) is 13.5. The Kier molecular flexibility index (Phi) is 4.03. The maximum absolute atomic E-state index is 4.45. The Hall–Kier alpha value is -0.930. The maximum atomic E-state index is 4.45. The third-order valence-electron chi connectivity index (χ3n) is 4.45. The average molecular weight is 247 g/mol. The van der Waals surface area contributed by atoms with Crippen LogP contribution < -0.4 is 5.32 Å². The van der Waals surface area contributed by atoms with Crippen LogP contribution in [0.3, 0.4) is 0 Å². The van der Waals surface area contributed by atoms with E-state index in [0.29, 0.717) is 6.04 Å². The zero-order valence-corrected chi connectivity index (χ0v) is 12.0. The molecule has 0 aliphatic heterocycles. The van der Waals surface area contributed by atoms with Crippen molar-refractivity contribution in [1.82, 2.24) is 15.2 Å². The van der Waals surface area contributed by atoms with E-state index in [0.717, 1.165) is 5.69 Å². The van der Waals surface area contributed by atoms with Crippen molar-refractivity contribution < 1.29 is 0 Å². The largest absolute Gasteiger partial charge is 0.311 e. The summed E-state index contributed by atoms with van der Waals surface area (Å²) in [5.41, 5.74) is 2.63. The third-order valence-corrected chi connectivity index (χ3v) is 4.45. The van der Waals surface area contributed by atoms with Gasteiger partial charge in [-0.3, -0.25) is 4.98 Å². The van der Waals surface area contributed by atoms with Crippen molar-refractivity contribution in [3.63, 3.8) is 0 Å². The summed E-state index contributed by atoms with van der Waals surface area (Å²) in [4.78, 5) is 6.86. The summed E-state index contributed by atoms with van der Waals surface area (Å²) >= 11 is 0. The van der Waals surface area contributed by atoms with Crippen LogP contribution in [0.2, 0.25) is 0 Å². The molecule has 0 radical (unpaired) electrons. The van der Waals surface area contributed by atoms with Crippen LogP contribution in [0.4, 0.5) is 0 Å². The minimum Gasteiger partial charge on any atom is -0.311 e. The molecule has 3 nitrogen and oxygen atoms in total. The lowest BCUT2D eigenvalue weighted by atomic mass is 9.83. The average Bonchev–Trinajstić information content (AvgIpc) is 2.83. The third kappa shape index (κ3) is 2.29. The first-order valence-electron chi connectivity index (χ1n) is 6.87. The van der Waals surface area contributed by atoms with Gasteiger partial charge in [-0.2, -0.15) is 0 Å². The molecule has 100 valence electrons. The van der Waals surface area contributed by atoms with Gasteiger partial charge in [-0.05, 0) is 52.5 Å². The van der Waals surface area contributed by atoms with Crippen LogP contribution in [0.25, 0.3) is 0 Å². The number of nitrogens with one attached hydrogen (secondary N) is 1. The molecule has 0 amide bonds. The van der Waals surface area contributed by atoms with Crippen LogP contribution in [0.1, 0.15) is 43.0 Å². The molecule has 1 aliphatic carbocycles. The van der Waals surface area contributed by atoms with Gasteiger partial charge >= 0.3 is 0 Å². The summed E-state index contributed by atoms with van der Waals surface area (Å²) < 4.78 is 0. The van der Waals surface area contributed by atoms with Crippen molar-refractivity contribution in [1.29, 1.82) is 0 Å². The van der Waals surface area contributed by atoms with E-state index in [1.54, 1.807) is 0 Å². The van der Waals surface area contributed by atoms with Gasteiger partial charge in [0, 0.05) is 17.4 Å². The zero-order chi connectivity index (χ0) is 13.2. The van der Waals surface area contributed by atoms with Crippen molar-refractivity contribution in [2.24, 2.45) is 0 Å². The van der Waals surface area contributed by atoms with Crippen LogP contribution in [0, 0.1) is 6.92 Å². The number of aromatic nitrogens is 1. The molecule has 1 unspecified atom stereocenters. The summed E-state index contributed by atoms with van der Waals surface area (Å²) in [6, 6.07) is 4.69. The van der Waals surface area contributed by atoms with Crippen LogP contribution in [0.15, 0.2) is 18.3 Å². The first-order chi connectivity index (χ1) is 8.60. The molecule has 1 fully saturated rings. The van der Waals surface area contributed by atoms with Gasteiger partial charge in [0.25, 0.3) is 0 Å². The van der Waals surface area contributed by atoms with Gasteiger partial charge in [-0.15, -0.1) is 0 Å². The molecule has 1 aromatic heterocycles. The number of pyridine rings is 1. The molecule has 2 rings (SSSR count). The fraction of sp³-hybridized carbons (Fsp3) is 0.667. The van der Waals surface area contributed by atoms with Crippen molar-refractivity contribution in [3.8, 4) is 0 Å². The van der Waals surface area contributed by atoms with Crippen LogP contribution >= 0.6 is 0 Å². The molecule has 1 saturated carbocycles. The van der Waals surface area contributed by atoms with Gasteiger partial charge in [0.05, 0.1) is 6.04 Å². The van der Waals surface area contributed by atoms with E-state index in [4.69, 9.17) is 0 Å². The smallest absolute Gasteiger partial charge is 0.0519 e. The molecule has 1 aromatic rings. The maximum Gasteiger partial charge on any atom is 0.0519 e. The second-order valence-electron chi connectivity index (χ2n) is 5.66. The molecule has 1 N–H and O–H groups in total. The zero-order valence-electron chi connectivity index (χ0n) is 12.0. The second-order valence-corrected chi connectivity index (χ2v) is 5.66. The highest BCUT2D eigenvalue weighted by atomic mass is 15.2. The van der Waals surface area contributed by atoms with Crippen LogP contribution in [-0.4, -0.2) is 36.6 Å². The van der Waals surface area contributed by atoms with Crippen molar-refractivity contribution in [2.75, 3.05) is 21.1 Å². The quantitative estimate of drug-likeness (QED) is 0.886. The fourth-order valence-electron chi connectivity index (χ4n) is 3.38. The van der Waals surface area contributed by atoms with E-state index >= 15 is 0 Å². The lowest BCUT2D eigenvalue weighted by molar-refractivity contribution is 0.108. The normalized spacial score (nSPS) is 20.3. The summed E-state index contributed by atoms with van der Waals surface area (Å²) in [6.07, 6.45) is 7.21. The summed E-state index contributed by atoms with van der Waals surface area (Å²) in [6.45, 7) is 2.04. The Bertz CT molecular complexity index is 377. The highest BCUT2D eigenvalue weighted by Gasteiger charge is 2.43. The van der Waals surface area contributed by atoms with Crippen LogP contribution in [-0.2, 0) is 0 Å². The predicted molar refractivity (Wildman–Crippen MR) is 75.7 cm³/mol. The van der Waals surface area contributed by atoms with Gasteiger partial charge < -0.3 is 10.2 Å². The number of rotatable bonds is 4. The van der Waals surface area contributed by atoms with E-state index in [1.165, 1.54) is 31.2 Å². The minimum atomic E-state index is 0.242. The Morgan fingerprint density at radius 2 is 1.94 bits per heavy atom. The monoisotopic (exact) mass is 247 g/mol. The van der Waals surface area contributed by atoms with Crippen molar-refractivity contribution >= 4 is 0 Å². The standard InChI is InChI=1S/C15H25N3/c1-12-7-8-13(11-17-12)14(16-2)15(18(3)4)9-5-6-10-15/h7-8,11,14,16H,5-6,9-10H2,1-4H3. The van der Waals surface area contributed by atoms with Gasteiger partial charge in [0.15, 0.2) is 0 Å². The molecule has 0 bridgehead atoms. The first-order valence-corrected chi connectivity index (χ1v) is 6.87. The topological polar surface area (TPSA) is 28.2 Å². The highest BCUT2D eigenvalue weighted by Crippen LogP contribution is 2.43. The number of aryl methyl sites for hydroxylation is 1. The Morgan fingerprint density at radius 1 is 1.28 bits per heavy atom. The molecular formula is C15H25N3. The number of hydrogen-bond acceptors (Lipinski definition) is 3. The fourth-order valence-corrected chi connectivity index (χ4v) is 3.38. The van der Waals surface area contributed by atoms with Crippen molar-refractivity contribution in [2.45, 2.75) is 44.2 Å². The molecular weight excluding hydrogens is 222 g/mol. The Balaban J connectivity index is 2.34. The van der Waals surface area contributed by atoms with Crippen molar-refractivity contribution in [3.05, 3.63) is 29.6 Å². The summed E-state index contributed by atoms with van der Waals surface area (Å²) in [7, 11) is 6.47. The van der Waals surface area contributed by atoms with Gasteiger partial charge in [-0.25, -0.2) is 0 Å².